The highest BCUT2D eigenvalue weighted by atomic mass is 16.3. The third-order valence-electron chi connectivity index (χ3n) is 3.82. The zero-order valence-electron chi connectivity index (χ0n) is 10.8. The number of piperidine rings is 1. The maximum atomic E-state index is 10.6. The summed E-state index contributed by atoms with van der Waals surface area (Å²) >= 11 is 0. The Kier molecular flexibility index (Phi) is 3.36. The van der Waals surface area contributed by atoms with E-state index in [4.69, 9.17) is 5.73 Å². The summed E-state index contributed by atoms with van der Waals surface area (Å²) in [5.74, 6) is 0.462. The lowest BCUT2D eigenvalue weighted by molar-refractivity contribution is 0.115. The molecule has 2 atom stereocenters. The highest BCUT2D eigenvalue weighted by Crippen LogP contribution is 2.29. The van der Waals surface area contributed by atoms with Gasteiger partial charge in [0.1, 0.15) is 5.82 Å². The summed E-state index contributed by atoms with van der Waals surface area (Å²) in [6, 6.07) is 9.72. The number of aromatic nitrogens is 1. The molecule has 4 heteroatoms. The monoisotopic (exact) mass is 257 g/mol. The second-order valence-electron chi connectivity index (χ2n) is 5.15. The summed E-state index contributed by atoms with van der Waals surface area (Å²) in [6.45, 7) is 0.972. The first-order valence-electron chi connectivity index (χ1n) is 6.82. The van der Waals surface area contributed by atoms with Crippen LogP contribution < -0.4 is 11.1 Å². The van der Waals surface area contributed by atoms with Crippen molar-refractivity contribution in [3.63, 3.8) is 0 Å². The molecular formula is C15H19N3O. The van der Waals surface area contributed by atoms with Gasteiger partial charge < -0.3 is 16.2 Å². The molecule has 4 nitrogen and oxygen atoms in total. The lowest BCUT2D eigenvalue weighted by atomic mass is 9.93. The van der Waals surface area contributed by atoms with Gasteiger partial charge in [-0.2, -0.15) is 0 Å². The fraction of sp³-hybridized carbons (Fsp3) is 0.400. The molecule has 0 bridgehead atoms. The van der Waals surface area contributed by atoms with Gasteiger partial charge in [0.15, 0.2) is 0 Å². The van der Waals surface area contributed by atoms with Crippen LogP contribution in [0.15, 0.2) is 30.3 Å². The molecule has 1 aliphatic heterocycles. The fourth-order valence-corrected chi connectivity index (χ4v) is 2.83. The van der Waals surface area contributed by atoms with Crippen molar-refractivity contribution in [3.05, 3.63) is 35.9 Å². The zero-order chi connectivity index (χ0) is 13.2. The van der Waals surface area contributed by atoms with E-state index in [0.29, 0.717) is 5.82 Å². The number of nitrogens with two attached hydrogens (primary N) is 1. The largest absolute Gasteiger partial charge is 0.387 e. The molecule has 0 saturated carbocycles. The summed E-state index contributed by atoms with van der Waals surface area (Å²) < 4.78 is 0. The summed E-state index contributed by atoms with van der Waals surface area (Å²) in [5.41, 5.74) is 7.57. The molecule has 1 aromatic heterocycles. The molecule has 0 amide bonds. The summed E-state index contributed by atoms with van der Waals surface area (Å²) in [4.78, 5) is 4.31. The van der Waals surface area contributed by atoms with Crippen LogP contribution in [0.2, 0.25) is 0 Å². The van der Waals surface area contributed by atoms with Crippen LogP contribution in [0.1, 0.15) is 30.9 Å². The van der Waals surface area contributed by atoms with Crippen LogP contribution in [0, 0.1) is 0 Å². The predicted molar refractivity (Wildman–Crippen MR) is 76.8 cm³/mol. The Labute approximate surface area is 112 Å². The molecule has 1 aliphatic rings. The Morgan fingerprint density at radius 1 is 1.32 bits per heavy atom. The Bertz CT molecular complexity index is 579. The number of nitrogens with one attached hydrogen (secondary N) is 1. The van der Waals surface area contributed by atoms with Gasteiger partial charge in [-0.05, 0) is 37.1 Å². The molecule has 1 fully saturated rings. The number of hydrogen-bond acceptors (Lipinski definition) is 4. The normalized spacial score (nSPS) is 21.4. The Hall–Kier alpha value is -1.65. The number of pyridine rings is 1. The molecule has 2 heterocycles. The van der Waals surface area contributed by atoms with Crippen molar-refractivity contribution in [2.45, 2.75) is 31.4 Å². The van der Waals surface area contributed by atoms with Gasteiger partial charge in [0.2, 0.25) is 0 Å². The number of aliphatic hydroxyl groups is 1. The molecule has 3 rings (SSSR count). The summed E-state index contributed by atoms with van der Waals surface area (Å²) in [6.07, 6.45) is 2.81. The van der Waals surface area contributed by atoms with Gasteiger partial charge in [0.05, 0.1) is 11.6 Å². The Morgan fingerprint density at radius 3 is 2.95 bits per heavy atom. The minimum absolute atomic E-state index is 0.110. The van der Waals surface area contributed by atoms with Gasteiger partial charge in [-0.1, -0.05) is 24.6 Å². The predicted octanol–water partition coefficient (Wildman–Crippen LogP) is 1.99. The number of fused-ring (bicyclic) bond motifs is 1. The maximum Gasteiger partial charge on any atom is 0.124 e. The number of hydrogen-bond donors (Lipinski definition) is 3. The van der Waals surface area contributed by atoms with Crippen LogP contribution in [0.5, 0.6) is 0 Å². The number of nitrogens with zero attached hydrogens (tertiary/aromatic N) is 1. The van der Waals surface area contributed by atoms with Crippen LogP contribution in [0.4, 0.5) is 5.82 Å². The average Bonchev–Trinajstić information content (AvgIpc) is 2.46. The first kappa shape index (κ1) is 12.4. The van der Waals surface area contributed by atoms with Gasteiger partial charge in [-0.25, -0.2) is 4.98 Å². The third-order valence-corrected chi connectivity index (χ3v) is 3.82. The number of benzene rings is 1. The Balaban J connectivity index is 2.03. The second kappa shape index (κ2) is 5.15. The zero-order valence-corrected chi connectivity index (χ0v) is 10.8. The van der Waals surface area contributed by atoms with Crippen LogP contribution in [0.25, 0.3) is 10.9 Å². The van der Waals surface area contributed by atoms with E-state index in [1.165, 1.54) is 6.42 Å². The molecule has 1 saturated heterocycles. The number of rotatable bonds is 2. The van der Waals surface area contributed by atoms with Crippen molar-refractivity contribution in [2.24, 2.45) is 0 Å². The fourth-order valence-electron chi connectivity index (χ4n) is 2.83. The Morgan fingerprint density at radius 2 is 2.16 bits per heavy atom. The van der Waals surface area contributed by atoms with E-state index >= 15 is 0 Å². The van der Waals surface area contributed by atoms with E-state index in [1.54, 1.807) is 6.07 Å². The standard InChI is InChI=1S/C15H19N3O/c16-14-9-11(10-5-1-2-6-12(10)18-14)15(19)13-7-3-4-8-17-13/h1-2,5-6,9,13,15,17,19H,3-4,7-8H2,(H2,16,18). The van der Waals surface area contributed by atoms with Crippen molar-refractivity contribution in [1.29, 1.82) is 0 Å². The van der Waals surface area contributed by atoms with Crippen molar-refractivity contribution < 1.29 is 5.11 Å². The van der Waals surface area contributed by atoms with Gasteiger partial charge >= 0.3 is 0 Å². The van der Waals surface area contributed by atoms with Gasteiger partial charge in [0, 0.05) is 11.4 Å². The number of nitrogen functional groups attached to an aromatic ring is 1. The highest BCUT2D eigenvalue weighted by molar-refractivity contribution is 5.84. The van der Waals surface area contributed by atoms with Gasteiger partial charge in [-0.15, -0.1) is 0 Å². The number of anilines is 1. The minimum atomic E-state index is -0.532. The van der Waals surface area contributed by atoms with Crippen molar-refractivity contribution >= 4 is 16.7 Å². The lowest BCUT2D eigenvalue weighted by Gasteiger charge is -2.29. The topological polar surface area (TPSA) is 71.2 Å². The smallest absolute Gasteiger partial charge is 0.124 e. The van der Waals surface area contributed by atoms with E-state index in [9.17, 15) is 5.11 Å². The van der Waals surface area contributed by atoms with E-state index in [1.807, 2.05) is 24.3 Å². The van der Waals surface area contributed by atoms with E-state index in [0.717, 1.165) is 35.9 Å². The van der Waals surface area contributed by atoms with Gasteiger partial charge in [-0.3, -0.25) is 0 Å². The number of aliphatic hydroxyl groups excluding tert-OH is 1. The third kappa shape index (κ3) is 2.41. The first-order chi connectivity index (χ1) is 9.25. The van der Waals surface area contributed by atoms with Crippen LogP contribution in [-0.4, -0.2) is 22.7 Å². The molecule has 4 N–H and O–H groups in total. The van der Waals surface area contributed by atoms with Crippen molar-refractivity contribution in [2.75, 3.05) is 12.3 Å². The molecule has 0 spiro atoms. The van der Waals surface area contributed by atoms with Crippen LogP contribution >= 0.6 is 0 Å². The quantitative estimate of drug-likeness (QED) is 0.769. The van der Waals surface area contributed by atoms with E-state index < -0.39 is 6.10 Å². The molecule has 2 unspecified atom stereocenters. The summed E-state index contributed by atoms with van der Waals surface area (Å²) in [7, 11) is 0. The van der Waals surface area contributed by atoms with Crippen molar-refractivity contribution in [3.8, 4) is 0 Å². The van der Waals surface area contributed by atoms with Crippen LogP contribution in [0.3, 0.4) is 0 Å². The molecule has 1 aromatic carbocycles. The molecule has 2 aromatic rings. The molecule has 100 valence electrons. The second-order valence-corrected chi connectivity index (χ2v) is 5.15. The molecule has 0 radical (unpaired) electrons. The molecule has 0 aliphatic carbocycles. The lowest BCUT2D eigenvalue weighted by Crippen LogP contribution is -2.38. The van der Waals surface area contributed by atoms with E-state index in [-0.39, 0.29) is 6.04 Å². The van der Waals surface area contributed by atoms with Crippen LogP contribution in [-0.2, 0) is 0 Å². The van der Waals surface area contributed by atoms with Gasteiger partial charge in [0.25, 0.3) is 0 Å². The number of para-hydroxylation sites is 1. The molecule has 19 heavy (non-hydrogen) atoms. The van der Waals surface area contributed by atoms with Crippen molar-refractivity contribution in [1.82, 2.24) is 10.3 Å². The average molecular weight is 257 g/mol. The molecular weight excluding hydrogens is 238 g/mol. The minimum Gasteiger partial charge on any atom is -0.387 e. The SMILES string of the molecule is Nc1cc(C(O)C2CCCCN2)c2ccccc2n1. The van der Waals surface area contributed by atoms with E-state index in [2.05, 4.69) is 10.3 Å². The summed E-state index contributed by atoms with van der Waals surface area (Å²) in [5, 5.41) is 15.0. The first-order valence-corrected chi connectivity index (χ1v) is 6.82. The maximum absolute atomic E-state index is 10.6. The highest BCUT2D eigenvalue weighted by Gasteiger charge is 2.24.